The van der Waals surface area contributed by atoms with Gasteiger partial charge in [-0.25, -0.2) is 4.98 Å². The number of aromatic nitrogens is 3. The highest BCUT2D eigenvalue weighted by molar-refractivity contribution is 5.76. The summed E-state index contributed by atoms with van der Waals surface area (Å²) in [5, 5.41) is 0. The van der Waals surface area contributed by atoms with E-state index in [4.69, 9.17) is 4.74 Å². The van der Waals surface area contributed by atoms with Gasteiger partial charge in [0.25, 0.3) is 0 Å². The Balaban J connectivity index is 1.63. The maximum atomic E-state index is 11.7. The molecule has 0 saturated heterocycles. The molecule has 2 aromatic rings. The van der Waals surface area contributed by atoms with Crippen molar-refractivity contribution in [3.63, 3.8) is 0 Å². The fourth-order valence-corrected chi connectivity index (χ4v) is 3.04. The van der Waals surface area contributed by atoms with Gasteiger partial charge in [-0.15, -0.1) is 0 Å². The molecule has 3 heterocycles. The summed E-state index contributed by atoms with van der Waals surface area (Å²) in [5.74, 6) is 1.36. The summed E-state index contributed by atoms with van der Waals surface area (Å²) in [7, 11) is 3.48. The van der Waals surface area contributed by atoms with Crippen molar-refractivity contribution in [2.45, 2.75) is 19.6 Å². The number of rotatable bonds is 6. The van der Waals surface area contributed by atoms with Crippen molar-refractivity contribution in [3.05, 3.63) is 48.3 Å². The van der Waals surface area contributed by atoms with Crippen molar-refractivity contribution in [2.24, 2.45) is 5.92 Å². The fraction of sp³-hybridized carbons (Fsp3) is 0.500. The first-order chi connectivity index (χ1) is 12.1. The summed E-state index contributed by atoms with van der Waals surface area (Å²) < 4.78 is 7.86. The van der Waals surface area contributed by atoms with Crippen molar-refractivity contribution in [2.75, 3.05) is 33.9 Å². The van der Waals surface area contributed by atoms with E-state index in [-0.39, 0.29) is 12.5 Å². The second-order valence-electron chi connectivity index (χ2n) is 6.70. The lowest BCUT2D eigenvalue weighted by molar-refractivity contribution is -0.134. The quantitative estimate of drug-likeness (QED) is 0.783. The molecule has 0 fully saturated rings. The second-order valence-corrected chi connectivity index (χ2v) is 6.70. The van der Waals surface area contributed by atoms with Crippen LogP contribution in [-0.4, -0.2) is 64.1 Å². The van der Waals surface area contributed by atoms with Gasteiger partial charge in [-0.05, 0) is 11.6 Å². The lowest BCUT2D eigenvalue weighted by atomic mass is 10.1. The monoisotopic (exact) mass is 343 g/mol. The maximum absolute atomic E-state index is 11.7. The number of carbonyl (C=O) groups is 1. The molecule has 1 atom stereocenters. The predicted octanol–water partition coefficient (Wildman–Crippen LogP) is 1.01. The van der Waals surface area contributed by atoms with Crippen LogP contribution in [0.2, 0.25) is 0 Å². The minimum Gasteiger partial charge on any atom is -0.371 e. The lowest BCUT2D eigenvalue weighted by Gasteiger charge is -2.23. The molecule has 0 unspecified atom stereocenters. The molecule has 0 spiro atoms. The third kappa shape index (κ3) is 4.87. The highest BCUT2D eigenvalue weighted by Crippen LogP contribution is 2.18. The third-order valence-electron chi connectivity index (χ3n) is 4.34. The van der Waals surface area contributed by atoms with Crippen LogP contribution in [0.15, 0.2) is 36.9 Å². The molecule has 0 N–H and O–H groups in total. The summed E-state index contributed by atoms with van der Waals surface area (Å²) in [6.45, 7) is 4.07. The SMILES string of the molecule is CN(C)C(=O)COC[C@@H]1CN(Cc2cccnc2)Cc2nccn2C1. The molecule has 0 aliphatic carbocycles. The number of hydrogen-bond acceptors (Lipinski definition) is 5. The molecule has 1 amide bonds. The van der Waals surface area contributed by atoms with Crippen molar-refractivity contribution in [3.8, 4) is 0 Å². The van der Waals surface area contributed by atoms with Gasteiger partial charge in [-0.1, -0.05) is 6.07 Å². The first kappa shape index (κ1) is 17.6. The van der Waals surface area contributed by atoms with E-state index in [1.807, 2.05) is 24.7 Å². The standard InChI is InChI=1S/C18H25N5O2/c1-21(2)18(24)14-25-13-16-10-22(9-15-4-3-5-19-8-15)12-17-20-6-7-23(17)11-16/h3-8,16H,9-14H2,1-2H3/t16-/m1/s1. The van der Waals surface area contributed by atoms with Crippen LogP contribution < -0.4 is 0 Å². The first-order valence-corrected chi connectivity index (χ1v) is 8.51. The summed E-state index contributed by atoms with van der Waals surface area (Å²) in [6, 6.07) is 4.05. The highest BCUT2D eigenvalue weighted by Gasteiger charge is 2.23. The molecule has 134 valence electrons. The van der Waals surface area contributed by atoms with Crippen LogP contribution in [-0.2, 0) is 29.2 Å². The first-order valence-electron chi connectivity index (χ1n) is 8.51. The van der Waals surface area contributed by atoms with Crippen molar-refractivity contribution in [1.29, 1.82) is 0 Å². The Morgan fingerprint density at radius 2 is 2.24 bits per heavy atom. The number of hydrogen-bond donors (Lipinski definition) is 0. The van der Waals surface area contributed by atoms with Gasteiger partial charge in [0.1, 0.15) is 12.4 Å². The van der Waals surface area contributed by atoms with Crippen molar-refractivity contribution >= 4 is 5.91 Å². The van der Waals surface area contributed by atoms with Gasteiger partial charge in [-0.2, -0.15) is 0 Å². The zero-order valence-corrected chi connectivity index (χ0v) is 14.8. The minimum absolute atomic E-state index is 0.0100. The summed E-state index contributed by atoms with van der Waals surface area (Å²) in [5.41, 5.74) is 1.19. The van der Waals surface area contributed by atoms with E-state index in [0.29, 0.717) is 12.5 Å². The largest absolute Gasteiger partial charge is 0.371 e. The third-order valence-corrected chi connectivity index (χ3v) is 4.34. The van der Waals surface area contributed by atoms with Crippen LogP contribution >= 0.6 is 0 Å². The van der Waals surface area contributed by atoms with Crippen molar-refractivity contribution in [1.82, 2.24) is 24.3 Å². The number of amides is 1. The lowest BCUT2D eigenvalue weighted by Crippen LogP contribution is -2.32. The van der Waals surface area contributed by atoms with Gasteiger partial charge in [0.15, 0.2) is 0 Å². The molecule has 1 aliphatic rings. The van der Waals surface area contributed by atoms with Gasteiger partial charge in [0.05, 0.1) is 13.2 Å². The Labute approximate surface area is 148 Å². The van der Waals surface area contributed by atoms with E-state index in [9.17, 15) is 4.79 Å². The maximum Gasteiger partial charge on any atom is 0.248 e. The van der Waals surface area contributed by atoms with Gasteiger partial charge >= 0.3 is 0 Å². The Morgan fingerprint density at radius 3 is 3.00 bits per heavy atom. The summed E-state index contributed by atoms with van der Waals surface area (Å²) in [6.07, 6.45) is 7.55. The number of pyridine rings is 1. The Kier molecular flexibility index (Phi) is 5.78. The second kappa shape index (κ2) is 8.22. The van der Waals surface area contributed by atoms with E-state index in [1.54, 1.807) is 25.2 Å². The summed E-state index contributed by atoms with van der Waals surface area (Å²) in [4.78, 5) is 24.3. The number of likely N-dealkylation sites (N-methyl/N-ethyl adjacent to an activating group) is 1. The molecule has 0 radical (unpaired) electrons. The Morgan fingerprint density at radius 1 is 1.36 bits per heavy atom. The van der Waals surface area contributed by atoms with E-state index < -0.39 is 0 Å². The minimum atomic E-state index is -0.0100. The number of ether oxygens (including phenoxy) is 1. The Hall–Kier alpha value is -2.25. The smallest absolute Gasteiger partial charge is 0.248 e. The van der Waals surface area contributed by atoms with Gasteiger partial charge in [0.2, 0.25) is 5.91 Å². The van der Waals surface area contributed by atoms with E-state index in [0.717, 1.165) is 32.0 Å². The number of imidazole rings is 1. The molecule has 0 aromatic carbocycles. The van der Waals surface area contributed by atoms with Crippen LogP contribution in [0.5, 0.6) is 0 Å². The molecule has 7 nitrogen and oxygen atoms in total. The average molecular weight is 343 g/mol. The van der Waals surface area contributed by atoms with E-state index in [1.165, 1.54) is 5.56 Å². The molecule has 3 rings (SSSR count). The highest BCUT2D eigenvalue weighted by atomic mass is 16.5. The van der Waals surface area contributed by atoms with Gasteiger partial charge in [-0.3, -0.25) is 14.7 Å². The van der Waals surface area contributed by atoms with E-state index >= 15 is 0 Å². The van der Waals surface area contributed by atoms with Crippen LogP contribution in [0, 0.1) is 5.92 Å². The average Bonchev–Trinajstić information content (AvgIpc) is 2.95. The van der Waals surface area contributed by atoms with Crippen molar-refractivity contribution < 1.29 is 9.53 Å². The molecule has 0 bridgehead atoms. The molecular formula is C18H25N5O2. The van der Waals surface area contributed by atoms with Crippen LogP contribution in [0.3, 0.4) is 0 Å². The van der Waals surface area contributed by atoms with E-state index in [2.05, 4.69) is 25.5 Å². The predicted molar refractivity (Wildman–Crippen MR) is 93.6 cm³/mol. The molecule has 0 saturated carbocycles. The molecule has 25 heavy (non-hydrogen) atoms. The van der Waals surface area contributed by atoms with Gasteiger partial charge in [0, 0.05) is 64.4 Å². The number of carbonyl (C=O) groups excluding carboxylic acids is 1. The van der Waals surface area contributed by atoms with Crippen LogP contribution in [0.25, 0.3) is 0 Å². The zero-order valence-electron chi connectivity index (χ0n) is 14.8. The van der Waals surface area contributed by atoms with Crippen LogP contribution in [0.1, 0.15) is 11.4 Å². The molecular weight excluding hydrogens is 318 g/mol. The zero-order chi connectivity index (χ0) is 17.6. The number of fused-ring (bicyclic) bond motifs is 1. The molecule has 1 aliphatic heterocycles. The van der Waals surface area contributed by atoms with Gasteiger partial charge < -0.3 is 14.2 Å². The normalized spacial score (nSPS) is 17.8. The molecule has 7 heteroatoms. The van der Waals surface area contributed by atoms with Crippen LogP contribution in [0.4, 0.5) is 0 Å². The fourth-order valence-electron chi connectivity index (χ4n) is 3.04. The number of nitrogens with zero attached hydrogens (tertiary/aromatic N) is 5. The molecule has 2 aromatic heterocycles. The topological polar surface area (TPSA) is 63.5 Å². The Bertz CT molecular complexity index is 686. The summed E-state index contributed by atoms with van der Waals surface area (Å²) >= 11 is 0.